The van der Waals surface area contributed by atoms with Crippen molar-refractivity contribution in [1.82, 2.24) is 0 Å². The van der Waals surface area contributed by atoms with E-state index in [9.17, 15) is 20.4 Å². The molecular weight excluding hydrogens is 304 g/mol. The van der Waals surface area contributed by atoms with E-state index in [1.807, 2.05) is 0 Å². The van der Waals surface area contributed by atoms with Gasteiger partial charge in [-0.1, -0.05) is 0 Å². The second-order valence-corrected chi connectivity index (χ2v) is 10.4. The normalized spacial score (nSPS) is 75.5. The first-order valence-corrected chi connectivity index (χ1v) is 10.2. The van der Waals surface area contributed by atoms with Gasteiger partial charge in [0, 0.05) is 24.0 Å². The van der Waals surface area contributed by atoms with Crippen molar-refractivity contribution >= 4 is 0 Å². The van der Waals surface area contributed by atoms with Crippen molar-refractivity contribution in [1.29, 1.82) is 0 Å². The van der Waals surface area contributed by atoms with Gasteiger partial charge < -0.3 is 20.4 Å². The topological polar surface area (TPSA) is 80.9 Å². The molecule has 8 aliphatic carbocycles. The SMILES string of the molecule is OC[C@]12[C@@H]3[C@H]4[C@@H]5[C@@H]([C@@H]6[C@@H](CC[C@H]6O)[C@H]51)[C@@]2(CO)[C@H]4[C@@H]1CC[C@H](O)[C@@H]13. The van der Waals surface area contributed by atoms with Crippen LogP contribution < -0.4 is 0 Å². The maximum atomic E-state index is 10.7. The van der Waals surface area contributed by atoms with Crippen LogP contribution in [0.5, 0.6) is 0 Å². The molecule has 0 aromatic rings. The molecule has 4 heteroatoms. The summed E-state index contributed by atoms with van der Waals surface area (Å²) in [6, 6.07) is 0. The molecule has 4 N–H and O–H groups in total. The molecule has 0 amide bonds. The average molecular weight is 332 g/mol. The van der Waals surface area contributed by atoms with E-state index < -0.39 is 0 Å². The molecule has 0 unspecified atom stereocenters. The zero-order valence-corrected chi connectivity index (χ0v) is 14.0. The summed E-state index contributed by atoms with van der Waals surface area (Å²) in [5.41, 5.74) is -0.297. The molecule has 0 heterocycles. The lowest BCUT2D eigenvalue weighted by Crippen LogP contribution is -2.62. The van der Waals surface area contributed by atoms with Crippen LogP contribution in [0.1, 0.15) is 25.7 Å². The summed E-state index contributed by atoms with van der Waals surface area (Å²) in [5, 5.41) is 42.8. The van der Waals surface area contributed by atoms with Gasteiger partial charge in [-0.05, 0) is 84.9 Å². The molecule has 8 saturated carbocycles. The summed E-state index contributed by atoms with van der Waals surface area (Å²) in [6.07, 6.45) is 3.66. The van der Waals surface area contributed by atoms with Crippen LogP contribution in [-0.4, -0.2) is 45.8 Å². The maximum absolute atomic E-state index is 10.7. The van der Waals surface area contributed by atoms with E-state index in [4.69, 9.17) is 0 Å². The molecule has 24 heavy (non-hydrogen) atoms. The van der Waals surface area contributed by atoms with Crippen molar-refractivity contribution in [3.8, 4) is 0 Å². The molecule has 0 aliphatic heterocycles. The zero-order valence-electron chi connectivity index (χ0n) is 14.0. The molecular formula is C20H28O4. The summed E-state index contributed by atoms with van der Waals surface area (Å²) in [4.78, 5) is 0. The molecule has 0 aromatic carbocycles. The van der Waals surface area contributed by atoms with Crippen LogP contribution in [0.2, 0.25) is 0 Å². The van der Waals surface area contributed by atoms with Crippen LogP contribution >= 0.6 is 0 Å². The van der Waals surface area contributed by atoms with Crippen LogP contribution in [0.15, 0.2) is 0 Å². The molecule has 8 bridgehead atoms. The molecule has 132 valence electrons. The van der Waals surface area contributed by atoms with E-state index in [1.165, 1.54) is 0 Å². The Morgan fingerprint density at radius 1 is 0.583 bits per heavy atom. The summed E-state index contributed by atoms with van der Waals surface area (Å²) >= 11 is 0. The Morgan fingerprint density at radius 3 is 1.38 bits per heavy atom. The maximum Gasteiger partial charge on any atom is 0.0574 e. The third kappa shape index (κ3) is 0.933. The van der Waals surface area contributed by atoms with Crippen LogP contribution in [-0.2, 0) is 0 Å². The third-order valence-electron chi connectivity index (χ3n) is 11.1. The Labute approximate surface area is 142 Å². The van der Waals surface area contributed by atoms with E-state index in [0.717, 1.165) is 25.7 Å². The fourth-order valence-electron chi connectivity index (χ4n) is 11.6. The highest BCUT2D eigenvalue weighted by Gasteiger charge is 2.96. The molecule has 0 spiro atoms. The minimum atomic E-state index is -0.185. The van der Waals surface area contributed by atoms with Crippen LogP contribution in [0.4, 0.5) is 0 Å². The molecule has 0 radical (unpaired) electrons. The first-order chi connectivity index (χ1) is 11.6. The van der Waals surface area contributed by atoms with Crippen molar-refractivity contribution in [2.75, 3.05) is 13.2 Å². The molecule has 4 nitrogen and oxygen atoms in total. The minimum absolute atomic E-state index is 0.149. The number of hydrogen-bond acceptors (Lipinski definition) is 4. The number of aliphatic hydroxyl groups is 4. The second kappa shape index (κ2) is 3.76. The lowest BCUT2D eigenvalue weighted by atomic mass is 9.44. The predicted molar refractivity (Wildman–Crippen MR) is 84.4 cm³/mol. The molecule has 14 atom stereocenters. The van der Waals surface area contributed by atoms with Crippen molar-refractivity contribution in [2.24, 2.45) is 70.0 Å². The van der Waals surface area contributed by atoms with Gasteiger partial charge in [0.15, 0.2) is 0 Å². The Bertz CT molecular complexity index is 583. The van der Waals surface area contributed by atoms with Crippen LogP contribution in [0.25, 0.3) is 0 Å². The standard InChI is InChI=1S/C20H28O4/c21-5-19-15-7-1-3-9(23)11(7)17-13(15)14-16(20(17,19)6-22)8-2-4-10(24)12(8)18(14)19/h7-18,21-24H,1-6H2/t7-,8-,9-,10+,11-,12-,13+,14+,15-,16+,17-,18+,19-,20-/m1/s1. The van der Waals surface area contributed by atoms with Gasteiger partial charge in [0.25, 0.3) is 0 Å². The summed E-state index contributed by atoms with van der Waals surface area (Å²) in [7, 11) is 0. The number of rotatable bonds is 2. The fourth-order valence-corrected chi connectivity index (χ4v) is 11.6. The Kier molecular flexibility index (Phi) is 2.19. The van der Waals surface area contributed by atoms with Gasteiger partial charge >= 0.3 is 0 Å². The van der Waals surface area contributed by atoms with Gasteiger partial charge in [0.05, 0.1) is 12.2 Å². The first kappa shape index (κ1) is 14.0. The highest BCUT2D eigenvalue weighted by atomic mass is 16.3. The average Bonchev–Trinajstić information content (AvgIpc) is 3.36. The largest absolute Gasteiger partial charge is 0.396 e. The van der Waals surface area contributed by atoms with Gasteiger partial charge in [-0.25, -0.2) is 0 Å². The number of hydrogen-bond donors (Lipinski definition) is 4. The molecule has 0 saturated heterocycles. The molecule has 8 aliphatic rings. The first-order valence-electron chi connectivity index (χ1n) is 10.2. The van der Waals surface area contributed by atoms with Crippen molar-refractivity contribution < 1.29 is 20.4 Å². The van der Waals surface area contributed by atoms with Crippen LogP contribution in [0, 0.1) is 70.0 Å². The smallest absolute Gasteiger partial charge is 0.0574 e. The minimum Gasteiger partial charge on any atom is -0.396 e. The van der Waals surface area contributed by atoms with E-state index >= 15 is 0 Å². The van der Waals surface area contributed by atoms with Crippen molar-refractivity contribution in [2.45, 2.75) is 37.9 Å². The number of aliphatic hydroxyl groups excluding tert-OH is 4. The lowest BCUT2D eigenvalue weighted by molar-refractivity contribution is -0.196. The summed E-state index contributed by atoms with van der Waals surface area (Å²) in [5.74, 6) is 4.98. The van der Waals surface area contributed by atoms with E-state index in [0.29, 0.717) is 59.2 Å². The van der Waals surface area contributed by atoms with Gasteiger partial charge in [-0.3, -0.25) is 0 Å². The van der Waals surface area contributed by atoms with Crippen LogP contribution in [0.3, 0.4) is 0 Å². The number of fused-ring (bicyclic) bond motifs is 2. The summed E-state index contributed by atoms with van der Waals surface area (Å²) in [6.45, 7) is 0.385. The van der Waals surface area contributed by atoms with Gasteiger partial charge in [-0.15, -0.1) is 0 Å². The van der Waals surface area contributed by atoms with Crippen molar-refractivity contribution in [3.05, 3.63) is 0 Å². The quantitative estimate of drug-likeness (QED) is 0.593. The zero-order chi connectivity index (χ0) is 16.2. The molecule has 8 rings (SSSR count). The van der Waals surface area contributed by atoms with E-state index in [-0.39, 0.29) is 36.3 Å². The van der Waals surface area contributed by atoms with Crippen molar-refractivity contribution in [3.63, 3.8) is 0 Å². The van der Waals surface area contributed by atoms with Gasteiger partial charge in [0.1, 0.15) is 0 Å². The molecule has 0 aromatic heterocycles. The Balaban J connectivity index is 1.48. The monoisotopic (exact) mass is 332 g/mol. The lowest BCUT2D eigenvalue weighted by Gasteiger charge is -2.60. The predicted octanol–water partition coefficient (Wildman–Crippen LogP) is 0.483. The van der Waals surface area contributed by atoms with Gasteiger partial charge in [-0.2, -0.15) is 0 Å². The van der Waals surface area contributed by atoms with E-state index in [2.05, 4.69) is 0 Å². The summed E-state index contributed by atoms with van der Waals surface area (Å²) < 4.78 is 0. The fraction of sp³-hybridized carbons (Fsp3) is 1.00. The highest BCUT2D eigenvalue weighted by molar-refractivity contribution is 5.42. The molecule has 8 fully saturated rings. The van der Waals surface area contributed by atoms with E-state index in [1.54, 1.807) is 0 Å². The third-order valence-corrected chi connectivity index (χ3v) is 11.1. The second-order valence-electron chi connectivity index (χ2n) is 10.4. The Morgan fingerprint density at radius 2 is 1.00 bits per heavy atom. The Hall–Kier alpha value is -0.160. The highest BCUT2D eigenvalue weighted by Crippen LogP contribution is 2.96. The van der Waals surface area contributed by atoms with Gasteiger partial charge in [0.2, 0.25) is 0 Å².